The Kier molecular flexibility index (Phi) is 3.76. The molecule has 0 atom stereocenters. The summed E-state index contributed by atoms with van der Waals surface area (Å²) >= 11 is 3.20. The molecule has 1 aromatic rings. The molecular weight excluding hydrogens is 257 g/mol. The van der Waals surface area contributed by atoms with Crippen molar-refractivity contribution in [1.82, 2.24) is 5.32 Å². The number of hydrogen-bond donors (Lipinski definition) is 1. The van der Waals surface area contributed by atoms with Gasteiger partial charge in [0.2, 0.25) is 0 Å². The molecule has 1 fully saturated rings. The average Bonchev–Trinajstić information content (AvgIpc) is 3.02. The fraction of sp³-hybridized carbons (Fsp3) is 0.500. The summed E-state index contributed by atoms with van der Waals surface area (Å²) < 4.78 is 14.1. The van der Waals surface area contributed by atoms with Crippen LogP contribution in [0, 0.1) is 5.82 Å². The summed E-state index contributed by atoms with van der Waals surface area (Å²) in [5, 5.41) is 3.43. The predicted octanol–water partition coefficient (Wildman–Crippen LogP) is 3.27. The third-order valence-corrected chi connectivity index (χ3v) is 3.28. The summed E-state index contributed by atoms with van der Waals surface area (Å²) in [6, 6.07) is 6.23. The lowest BCUT2D eigenvalue weighted by atomic mass is 10.1. The molecule has 15 heavy (non-hydrogen) atoms. The molecule has 2 rings (SSSR count). The van der Waals surface area contributed by atoms with Gasteiger partial charge in [0, 0.05) is 6.04 Å². The van der Waals surface area contributed by atoms with Gasteiger partial charge in [-0.15, -0.1) is 0 Å². The van der Waals surface area contributed by atoms with Crippen LogP contribution in [0.4, 0.5) is 4.39 Å². The Bertz CT molecular complexity index is 336. The number of nitrogens with one attached hydrogen (secondary N) is 1. The Labute approximate surface area is 98.2 Å². The minimum Gasteiger partial charge on any atom is -0.314 e. The maximum Gasteiger partial charge on any atom is 0.140 e. The molecule has 1 aliphatic rings. The van der Waals surface area contributed by atoms with Crippen molar-refractivity contribution in [3.63, 3.8) is 0 Å². The van der Waals surface area contributed by atoms with E-state index in [1.807, 2.05) is 12.1 Å². The zero-order valence-corrected chi connectivity index (χ0v) is 10.2. The first-order valence-corrected chi connectivity index (χ1v) is 6.23. The maximum absolute atomic E-state index is 13.5. The monoisotopic (exact) mass is 271 g/mol. The highest BCUT2D eigenvalue weighted by atomic mass is 79.9. The summed E-state index contributed by atoms with van der Waals surface area (Å²) in [6.07, 6.45) is 4.44. The molecule has 1 nitrogen and oxygen atoms in total. The van der Waals surface area contributed by atoms with E-state index in [0.29, 0.717) is 4.47 Å². The van der Waals surface area contributed by atoms with Crippen molar-refractivity contribution >= 4 is 15.9 Å². The minimum absolute atomic E-state index is 0.107. The highest BCUT2D eigenvalue weighted by Gasteiger charge is 2.19. The van der Waals surface area contributed by atoms with E-state index < -0.39 is 0 Å². The molecule has 0 amide bonds. The second-order valence-electron chi connectivity index (χ2n) is 4.04. The standard InChI is InChI=1S/C12H15BrFN/c13-11-5-1-3-9(12(11)14)4-2-8-15-10-6-7-10/h1,3,5,10,15H,2,4,6-8H2. The van der Waals surface area contributed by atoms with E-state index in [1.54, 1.807) is 6.07 Å². The van der Waals surface area contributed by atoms with E-state index in [0.717, 1.165) is 31.0 Å². The highest BCUT2D eigenvalue weighted by Crippen LogP contribution is 2.20. The SMILES string of the molecule is Fc1c(Br)cccc1CCCNC1CC1. The Morgan fingerprint density at radius 2 is 2.20 bits per heavy atom. The Hall–Kier alpha value is -0.410. The van der Waals surface area contributed by atoms with Crippen LogP contribution in [0.25, 0.3) is 0 Å². The summed E-state index contributed by atoms with van der Waals surface area (Å²) in [5.74, 6) is -0.107. The van der Waals surface area contributed by atoms with Crippen LogP contribution < -0.4 is 5.32 Å². The normalized spacial score (nSPS) is 15.6. The first kappa shape index (κ1) is 11.1. The molecule has 3 heteroatoms. The van der Waals surface area contributed by atoms with E-state index in [9.17, 15) is 4.39 Å². The lowest BCUT2D eigenvalue weighted by Crippen LogP contribution is -2.18. The molecule has 1 aliphatic carbocycles. The molecule has 0 unspecified atom stereocenters. The fourth-order valence-electron chi connectivity index (χ4n) is 1.61. The quantitative estimate of drug-likeness (QED) is 0.811. The number of halogens is 2. The van der Waals surface area contributed by atoms with Crippen molar-refractivity contribution in [2.75, 3.05) is 6.54 Å². The van der Waals surface area contributed by atoms with E-state index in [1.165, 1.54) is 12.8 Å². The molecule has 0 saturated heterocycles. The van der Waals surface area contributed by atoms with Gasteiger partial charge in [0.05, 0.1) is 4.47 Å². The van der Waals surface area contributed by atoms with Crippen LogP contribution in [-0.2, 0) is 6.42 Å². The Morgan fingerprint density at radius 1 is 1.40 bits per heavy atom. The summed E-state index contributed by atoms with van der Waals surface area (Å²) in [5.41, 5.74) is 0.807. The van der Waals surface area contributed by atoms with Gasteiger partial charge in [-0.3, -0.25) is 0 Å². The van der Waals surface area contributed by atoms with E-state index in [2.05, 4.69) is 21.2 Å². The van der Waals surface area contributed by atoms with Crippen molar-refractivity contribution < 1.29 is 4.39 Å². The molecule has 0 aliphatic heterocycles. The van der Waals surface area contributed by atoms with Crippen LogP contribution in [0.3, 0.4) is 0 Å². The molecule has 82 valence electrons. The van der Waals surface area contributed by atoms with Crippen molar-refractivity contribution in [3.8, 4) is 0 Å². The van der Waals surface area contributed by atoms with Crippen LogP contribution in [-0.4, -0.2) is 12.6 Å². The van der Waals surface area contributed by atoms with Gasteiger partial charge in [0.1, 0.15) is 5.82 Å². The summed E-state index contributed by atoms with van der Waals surface area (Å²) in [6.45, 7) is 0.997. The van der Waals surface area contributed by atoms with Crippen LogP contribution >= 0.6 is 15.9 Å². The number of benzene rings is 1. The van der Waals surface area contributed by atoms with Crippen molar-refractivity contribution in [2.24, 2.45) is 0 Å². The van der Waals surface area contributed by atoms with E-state index in [-0.39, 0.29) is 5.82 Å². The molecule has 1 N–H and O–H groups in total. The fourth-order valence-corrected chi connectivity index (χ4v) is 2.02. The van der Waals surface area contributed by atoms with Crippen molar-refractivity contribution in [3.05, 3.63) is 34.1 Å². The van der Waals surface area contributed by atoms with E-state index >= 15 is 0 Å². The summed E-state index contributed by atoms with van der Waals surface area (Å²) in [7, 11) is 0. The lowest BCUT2D eigenvalue weighted by Gasteiger charge is -2.05. The van der Waals surface area contributed by atoms with Crippen molar-refractivity contribution in [2.45, 2.75) is 31.7 Å². The second kappa shape index (κ2) is 5.08. The second-order valence-corrected chi connectivity index (χ2v) is 4.90. The Balaban J connectivity index is 1.78. The van der Waals surface area contributed by atoms with Crippen LogP contribution in [0.1, 0.15) is 24.8 Å². The molecule has 0 aromatic heterocycles. The lowest BCUT2D eigenvalue weighted by molar-refractivity contribution is 0.587. The zero-order valence-electron chi connectivity index (χ0n) is 8.60. The van der Waals surface area contributed by atoms with Crippen LogP contribution in [0.15, 0.2) is 22.7 Å². The zero-order chi connectivity index (χ0) is 10.7. The summed E-state index contributed by atoms with van der Waals surface area (Å²) in [4.78, 5) is 0. The third-order valence-electron chi connectivity index (χ3n) is 2.66. The van der Waals surface area contributed by atoms with Crippen LogP contribution in [0.2, 0.25) is 0 Å². The third kappa shape index (κ3) is 3.28. The maximum atomic E-state index is 13.5. The highest BCUT2D eigenvalue weighted by molar-refractivity contribution is 9.10. The van der Waals surface area contributed by atoms with Gasteiger partial charge < -0.3 is 5.32 Å². The largest absolute Gasteiger partial charge is 0.314 e. The number of aryl methyl sites for hydroxylation is 1. The van der Waals surface area contributed by atoms with Crippen LogP contribution in [0.5, 0.6) is 0 Å². The Morgan fingerprint density at radius 3 is 2.93 bits per heavy atom. The number of rotatable bonds is 5. The van der Waals surface area contributed by atoms with Gasteiger partial charge in [0.25, 0.3) is 0 Å². The van der Waals surface area contributed by atoms with Gasteiger partial charge in [0.15, 0.2) is 0 Å². The van der Waals surface area contributed by atoms with E-state index in [4.69, 9.17) is 0 Å². The molecule has 1 saturated carbocycles. The molecular formula is C12H15BrFN. The molecule has 0 heterocycles. The average molecular weight is 272 g/mol. The van der Waals surface area contributed by atoms with Gasteiger partial charge in [-0.1, -0.05) is 12.1 Å². The first-order valence-electron chi connectivity index (χ1n) is 5.43. The number of hydrogen-bond acceptors (Lipinski definition) is 1. The van der Waals surface area contributed by atoms with Gasteiger partial charge in [-0.2, -0.15) is 0 Å². The van der Waals surface area contributed by atoms with Crippen molar-refractivity contribution in [1.29, 1.82) is 0 Å². The minimum atomic E-state index is -0.107. The molecule has 0 spiro atoms. The molecule has 0 bridgehead atoms. The van der Waals surface area contributed by atoms with Gasteiger partial charge in [-0.25, -0.2) is 4.39 Å². The predicted molar refractivity (Wildman–Crippen MR) is 63.4 cm³/mol. The van der Waals surface area contributed by atoms with Gasteiger partial charge in [-0.05, 0) is 59.8 Å². The smallest absolute Gasteiger partial charge is 0.140 e. The van der Waals surface area contributed by atoms with Gasteiger partial charge >= 0.3 is 0 Å². The molecule has 1 aromatic carbocycles. The molecule has 0 radical (unpaired) electrons. The first-order chi connectivity index (χ1) is 7.27. The topological polar surface area (TPSA) is 12.0 Å².